The summed E-state index contributed by atoms with van der Waals surface area (Å²) >= 11 is 0. The topological polar surface area (TPSA) is 71.7 Å². The molecule has 0 spiro atoms. The van der Waals surface area contributed by atoms with Crippen molar-refractivity contribution in [2.24, 2.45) is 10.8 Å². The monoisotopic (exact) mass is 248 g/mol. The molecule has 18 heavy (non-hydrogen) atoms. The first-order chi connectivity index (χ1) is 8.78. The minimum absolute atomic E-state index is 0.260. The van der Waals surface area contributed by atoms with Crippen LogP contribution in [0.25, 0.3) is 0 Å². The maximum Gasteiger partial charge on any atom is 0.210 e. The Morgan fingerprint density at radius 1 is 1.39 bits per heavy atom. The SMILES string of the molecule is CC1CC(N=C(NN)Nc2ccccc2)CCO1. The third-order valence-corrected chi connectivity index (χ3v) is 2.94. The van der Waals surface area contributed by atoms with Gasteiger partial charge in [0.25, 0.3) is 0 Å². The fraction of sp³-hybridized carbons (Fsp3) is 0.462. The molecule has 0 bridgehead atoms. The van der Waals surface area contributed by atoms with Crippen LogP contribution in [0.1, 0.15) is 19.8 Å². The van der Waals surface area contributed by atoms with Crippen molar-refractivity contribution < 1.29 is 4.74 Å². The zero-order valence-electron chi connectivity index (χ0n) is 10.6. The number of ether oxygens (including phenoxy) is 1. The molecule has 4 N–H and O–H groups in total. The highest BCUT2D eigenvalue weighted by Crippen LogP contribution is 2.16. The number of guanidine groups is 1. The van der Waals surface area contributed by atoms with Gasteiger partial charge < -0.3 is 10.1 Å². The van der Waals surface area contributed by atoms with Crippen LogP contribution in [0.15, 0.2) is 35.3 Å². The molecule has 0 aromatic heterocycles. The molecular weight excluding hydrogens is 228 g/mol. The first-order valence-electron chi connectivity index (χ1n) is 6.26. The molecule has 2 rings (SSSR count). The van der Waals surface area contributed by atoms with E-state index in [0.29, 0.717) is 5.96 Å². The molecule has 98 valence electrons. The molecule has 0 radical (unpaired) electrons. The van der Waals surface area contributed by atoms with Crippen LogP contribution < -0.4 is 16.6 Å². The smallest absolute Gasteiger partial charge is 0.210 e. The molecule has 1 aromatic carbocycles. The van der Waals surface area contributed by atoms with Crippen molar-refractivity contribution in [3.05, 3.63) is 30.3 Å². The molecule has 1 fully saturated rings. The third-order valence-electron chi connectivity index (χ3n) is 2.94. The summed E-state index contributed by atoms with van der Waals surface area (Å²) in [5.41, 5.74) is 3.58. The molecule has 5 heteroatoms. The number of benzene rings is 1. The maximum atomic E-state index is 5.50. The zero-order valence-corrected chi connectivity index (χ0v) is 10.6. The number of rotatable bonds is 2. The number of hydrogen-bond donors (Lipinski definition) is 3. The van der Waals surface area contributed by atoms with Crippen LogP contribution in [0.3, 0.4) is 0 Å². The van der Waals surface area contributed by atoms with Gasteiger partial charge in [-0.1, -0.05) is 18.2 Å². The Morgan fingerprint density at radius 2 is 2.17 bits per heavy atom. The third kappa shape index (κ3) is 3.72. The van der Waals surface area contributed by atoms with Crippen LogP contribution in [0.2, 0.25) is 0 Å². The number of aliphatic imine (C=N–C) groups is 1. The number of anilines is 1. The van der Waals surface area contributed by atoms with Crippen LogP contribution in [0.4, 0.5) is 5.69 Å². The van der Waals surface area contributed by atoms with Gasteiger partial charge in [0.15, 0.2) is 0 Å². The van der Waals surface area contributed by atoms with E-state index in [4.69, 9.17) is 10.6 Å². The second-order valence-corrected chi connectivity index (χ2v) is 4.47. The van der Waals surface area contributed by atoms with Gasteiger partial charge in [-0.2, -0.15) is 0 Å². The van der Waals surface area contributed by atoms with Gasteiger partial charge >= 0.3 is 0 Å². The molecule has 2 unspecified atom stereocenters. The summed E-state index contributed by atoms with van der Waals surface area (Å²) in [4.78, 5) is 4.59. The highest BCUT2D eigenvalue weighted by molar-refractivity contribution is 5.93. The fourth-order valence-corrected chi connectivity index (χ4v) is 2.04. The number of nitrogens with one attached hydrogen (secondary N) is 2. The average molecular weight is 248 g/mol. The van der Waals surface area contributed by atoms with Crippen LogP contribution >= 0.6 is 0 Å². The van der Waals surface area contributed by atoms with Crippen molar-refractivity contribution in [3.8, 4) is 0 Å². The zero-order chi connectivity index (χ0) is 12.8. The maximum absolute atomic E-state index is 5.50. The predicted molar refractivity (Wildman–Crippen MR) is 73.3 cm³/mol. The average Bonchev–Trinajstić information content (AvgIpc) is 2.39. The molecule has 5 nitrogen and oxygen atoms in total. The van der Waals surface area contributed by atoms with E-state index in [2.05, 4.69) is 22.7 Å². The Morgan fingerprint density at radius 3 is 2.83 bits per heavy atom. The summed E-state index contributed by atoms with van der Waals surface area (Å²) < 4.78 is 5.50. The molecule has 0 amide bonds. The lowest BCUT2D eigenvalue weighted by Crippen LogP contribution is -2.38. The van der Waals surface area contributed by atoms with Crippen molar-refractivity contribution in [3.63, 3.8) is 0 Å². The first kappa shape index (κ1) is 12.9. The molecule has 0 saturated carbocycles. The van der Waals surface area contributed by atoms with Gasteiger partial charge in [-0.3, -0.25) is 5.43 Å². The van der Waals surface area contributed by atoms with Crippen LogP contribution in [0, 0.1) is 0 Å². The van der Waals surface area contributed by atoms with Gasteiger partial charge in [0.05, 0.1) is 12.1 Å². The minimum atomic E-state index is 0.260. The number of nitrogens with zero attached hydrogens (tertiary/aromatic N) is 1. The molecule has 1 aliphatic heterocycles. The Bertz CT molecular complexity index is 393. The highest BCUT2D eigenvalue weighted by atomic mass is 16.5. The van der Waals surface area contributed by atoms with E-state index in [1.165, 1.54) is 0 Å². The van der Waals surface area contributed by atoms with Gasteiger partial charge in [-0.15, -0.1) is 0 Å². The second-order valence-electron chi connectivity index (χ2n) is 4.47. The summed E-state index contributed by atoms with van der Waals surface area (Å²) in [5.74, 6) is 6.10. The van der Waals surface area contributed by atoms with Gasteiger partial charge in [-0.05, 0) is 31.9 Å². The fourth-order valence-electron chi connectivity index (χ4n) is 2.04. The number of hydrazine groups is 1. The highest BCUT2D eigenvalue weighted by Gasteiger charge is 2.19. The lowest BCUT2D eigenvalue weighted by Gasteiger charge is -2.25. The van der Waals surface area contributed by atoms with Crippen LogP contribution in [-0.4, -0.2) is 24.7 Å². The van der Waals surface area contributed by atoms with E-state index in [1.807, 2.05) is 30.3 Å². The van der Waals surface area contributed by atoms with Crippen LogP contribution in [-0.2, 0) is 4.74 Å². The minimum Gasteiger partial charge on any atom is -0.378 e. The Hall–Kier alpha value is -1.59. The summed E-state index contributed by atoms with van der Waals surface area (Å²) in [5, 5.41) is 3.16. The van der Waals surface area contributed by atoms with E-state index in [0.717, 1.165) is 25.1 Å². The lowest BCUT2D eigenvalue weighted by molar-refractivity contribution is 0.0204. The summed E-state index contributed by atoms with van der Waals surface area (Å²) in [6.07, 6.45) is 2.14. The first-order valence-corrected chi connectivity index (χ1v) is 6.26. The standard InChI is InChI=1S/C13H20N4O/c1-10-9-12(7-8-18-10)16-13(17-14)15-11-5-3-2-4-6-11/h2-6,10,12H,7-9,14H2,1H3,(H2,15,16,17). The van der Waals surface area contributed by atoms with Crippen molar-refractivity contribution >= 4 is 11.6 Å². The Balaban J connectivity index is 1.99. The number of para-hydroxylation sites is 1. The van der Waals surface area contributed by atoms with E-state index in [-0.39, 0.29) is 12.1 Å². The summed E-state index contributed by atoms with van der Waals surface area (Å²) in [7, 11) is 0. The van der Waals surface area contributed by atoms with E-state index in [1.54, 1.807) is 0 Å². The largest absolute Gasteiger partial charge is 0.378 e. The molecular formula is C13H20N4O. The normalized spacial score (nSPS) is 24.7. The van der Waals surface area contributed by atoms with E-state index < -0.39 is 0 Å². The Kier molecular flexibility index (Phi) is 4.55. The molecule has 1 aliphatic rings. The summed E-state index contributed by atoms with van der Waals surface area (Å²) in [6.45, 7) is 2.83. The van der Waals surface area contributed by atoms with E-state index >= 15 is 0 Å². The lowest BCUT2D eigenvalue weighted by atomic mass is 10.1. The predicted octanol–water partition coefficient (Wildman–Crippen LogP) is 1.49. The summed E-state index contributed by atoms with van der Waals surface area (Å²) in [6, 6.07) is 10.1. The molecule has 1 aromatic rings. The molecule has 1 heterocycles. The molecule has 0 aliphatic carbocycles. The quantitative estimate of drug-likeness (QED) is 0.321. The number of nitrogens with two attached hydrogens (primary N) is 1. The van der Waals surface area contributed by atoms with Crippen LogP contribution in [0.5, 0.6) is 0 Å². The molecule has 2 atom stereocenters. The van der Waals surface area contributed by atoms with Crippen molar-refractivity contribution in [2.75, 3.05) is 11.9 Å². The van der Waals surface area contributed by atoms with Crippen molar-refractivity contribution in [1.82, 2.24) is 5.43 Å². The van der Waals surface area contributed by atoms with Gasteiger partial charge in [-0.25, -0.2) is 10.8 Å². The number of hydrogen-bond acceptors (Lipinski definition) is 3. The van der Waals surface area contributed by atoms with Gasteiger partial charge in [0.1, 0.15) is 0 Å². The van der Waals surface area contributed by atoms with Gasteiger partial charge in [0, 0.05) is 12.3 Å². The molecule has 1 saturated heterocycles. The second kappa shape index (κ2) is 6.37. The van der Waals surface area contributed by atoms with Gasteiger partial charge in [0.2, 0.25) is 5.96 Å². The Labute approximate surface area is 107 Å². The van der Waals surface area contributed by atoms with E-state index in [9.17, 15) is 0 Å². The van der Waals surface area contributed by atoms with Crippen molar-refractivity contribution in [2.45, 2.75) is 31.9 Å². The van der Waals surface area contributed by atoms with Crippen molar-refractivity contribution in [1.29, 1.82) is 0 Å².